The quantitative estimate of drug-likeness (QED) is 0.811. The van der Waals surface area contributed by atoms with Crippen molar-refractivity contribution in [2.75, 3.05) is 5.75 Å². The first-order valence-electron chi connectivity index (χ1n) is 7.80. The van der Waals surface area contributed by atoms with Crippen molar-refractivity contribution in [1.82, 2.24) is 14.8 Å². The summed E-state index contributed by atoms with van der Waals surface area (Å²) in [7, 11) is 0. The molecule has 1 aromatic heterocycles. The number of hydrogen-bond acceptors (Lipinski definition) is 4. The van der Waals surface area contributed by atoms with Crippen LogP contribution in [0.4, 0.5) is 0 Å². The Bertz CT molecular complexity index is 481. The van der Waals surface area contributed by atoms with Gasteiger partial charge in [-0.2, -0.15) is 0 Å². The minimum absolute atomic E-state index is 0.0353. The third-order valence-electron chi connectivity index (χ3n) is 4.27. The number of carboxylic acids is 1. The highest BCUT2D eigenvalue weighted by atomic mass is 32.2. The normalized spacial score (nSPS) is 18.1. The first-order valence-corrected chi connectivity index (χ1v) is 8.78. The zero-order valence-corrected chi connectivity index (χ0v) is 13.9. The highest BCUT2D eigenvalue weighted by molar-refractivity contribution is 7.99. The van der Waals surface area contributed by atoms with Crippen molar-refractivity contribution < 1.29 is 9.90 Å². The molecule has 0 saturated heterocycles. The van der Waals surface area contributed by atoms with Gasteiger partial charge in [0.2, 0.25) is 0 Å². The maximum absolute atomic E-state index is 10.8. The van der Waals surface area contributed by atoms with E-state index in [1.54, 1.807) is 0 Å². The van der Waals surface area contributed by atoms with E-state index in [-0.39, 0.29) is 5.75 Å². The smallest absolute Gasteiger partial charge is 0.313 e. The van der Waals surface area contributed by atoms with Crippen molar-refractivity contribution in [2.45, 2.75) is 70.0 Å². The molecule has 0 aromatic carbocycles. The third-order valence-corrected chi connectivity index (χ3v) is 5.20. The molecule has 1 aliphatic rings. The summed E-state index contributed by atoms with van der Waals surface area (Å²) in [6.45, 7) is 6.45. The van der Waals surface area contributed by atoms with E-state index in [1.807, 2.05) is 0 Å². The lowest BCUT2D eigenvalue weighted by Crippen LogP contribution is -2.22. The molecule has 1 atom stereocenters. The van der Waals surface area contributed by atoms with Crippen LogP contribution in [0, 0.1) is 5.92 Å². The highest BCUT2D eigenvalue weighted by Crippen LogP contribution is 2.36. The summed E-state index contributed by atoms with van der Waals surface area (Å²) in [5.41, 5.74) is 0. The molecule has 5 nitrogen and oxygen atoms in total. The second-order valence-corrected chi connectivity index (χ2v) is 7.13. The molecule has 0 radical (unpaired) electrons. The summed E-state index contributed by atoms with van der Waals surface area (Å²) in [4.78, 5) is 10.8. The number of nitrogens with zero attached hydrogens (tertiary/aromatic N) is 3. The summed E-state index contributed by atoms with van der Waals surface area (Å²) in [6.07, 6.45) is 6.43. The van der Waals surface area contributed by atoms with E-state index in [1.165, 1.54) is 43.9 Å². The molecule has 21 heavy (non-hydrogen) atoms. The fraction of sp³-hybridized carbons (Fsp3) is 0.800. The average molecular weight is 311 g/mol. The van der Waals surface area contributed by atoms with Crippen LogP contribution < -0.4 is 0 Å². The van der Waals surface area contributed by atoms with Gasteiger partial charge in [-0.3, -0.25) is 4.79 Å². The van der Waals surface area contributed by atoms with E-state index in [4.69, 9.17) is 5.11 Å². The molecule has 1 N–H and O–H groups in total. The first kappa shape index (κ1) is 16.3. The third kappa shape index (κ3) is 3.99. The maximum Gasteiger partial charge on any atom is 0.313 e. The van der Waals surface area contributed by atoms with E-state index >= 15 is 0 Å². The van der Waals surface area contributed by atoms with Gasteiger partial charge in [0, 0.05) is 12.0 Å². The topological polar surface area (TPSA) is 68.0 Å². The van der Waals surface area contributed by atoms with Gasteiger partial charge >= 0.3 is 5.97 Å². The first-order chi connectivity index (χ1) is 10.0. The Morgan fingerprint density at radius 3 is 2.52 bits per heavy atom. The number of aliphatic carboxylic acids is 1. The number of carboxylic acid groups (broad SMARTS) is 1. The lowest BCUT2D eigenvalue weighted by Gasteiger charge is -2.30. The Morgan fingerprint density at radius 1 is 1.29 bits per heavy atom. The van der Waals surface area contributed by atoms with Gasteiger partial charge in [0.15, 0.2) is 5.16 Å². The monoisotopic (exact) mass is 311 g/mol. The Labute approximate surface area is 130 Å². The average Bonchev–Trinajstić information content (AvgIpc) is 2.89. The lowest BCUT2D eigenvalue weighted by molar-refractivity contribution is -0.133. The molecule has 2 rings (SSSR count). The number of aromatic nitrogens is 3. The Hall–Kier alpha value is -1.04. The van der Waals surface area contributed by atoms with Crippen LogP contribution >= 0.6 is 11.8 Å². The predicted octanol–water partition coefficient (Wildman–Crippen LogP) is 3.72. The minimum atomic E-state index is -0.814. The number of hydrogen-bond donors (Lipinski definition) is 1. The van der Waals surface area contributed by atoms with Crippen molar-refractivity contribution in [3.05, 3.63) is 5.82 Å². The van der Waals surface area contributed by atoms with Gasteiger partial charge in [0.25, 0.3) is 0 Å². The summed E-state index contributed by atoms with van der Waals surface area (Å²) in [5, 5.41) is 18.2. The summed E-state index contributed by atoms with van der Waals surface area (Å²) in [5.74, 6) is 1.14. The van der Waals surface area contributed by atoms with E-state index in [0.717, 1.165) is 11.0 Å². The van der Waals surface area contributed by atoms with Gasteiger partial charge in [-0.25, -0.2) is 0 Å². The molecule has 1 unspecified atom stereocenters. The number of carbonyl (C=O) groups is 1. The zero-order chi connectivity index (χ0) is 15.4. The van der Waals surface area contributed by atoms with Crippen LogP contribution in [-0.4, -0.2) is 31.6 Å². The van der Waals surface area contributed by atoms with Crippen molar-refractivity contribution in [2.24, 2.45) is 5.92 Å². The molecule has 0 amide bonds. The van der Waals surface area contributed by atoms with E-state index in [2.05, 4.69) is 35.5 Å². The van der Waals surface area contributed by atoms with Crippen molar-refractivity contribution in [1.29, 1.82) is 0 Å². The second-order valence-electron chi connectivity index (χ2n) is 6.19. The molecule has 0 aliphatic heterocycles. The number of thioether (sulfide) groups is 1. The SMILES string of the molecule is CC(C)c1nnc(SCC(=O)O)n1C(C)C1CCCCC1. The van der Waals surface area contributed by atoms with E-state index in [0.29, 0.717) is 17.9 Å². The van der Waals surface area contributed by atoms with Crippen LogP contribution in [0.3, 0.4) is 0 Å². The van der Waals surface area contributed by atoms with Gasteiger partial charge in [0.05, 0.1) is 5.75 Å². The van der Waals surface area contributed by atoms with Gasteiger partial charge in [-0.05, 0) is 25.7 Å². The Morgan fingerprint density at radius 2 is 1.95 bits per heavy atom. The fourth-order valence-corrected chi connectivity index (χ4v) is 3.87. The minimum Gasteiger partial charge on any atom is -0.481 e. The molecule has 0 bridgehead atoms. The highest BCUT2D eigenvalue weighted by Gasteiger charge is 2.27. The van der Waals surface area contributed by atoms with Crippen LogP contribution in [0.15, 0.2) is 5.16 Å². The van der Waals surface area contributed by atoms with Gasteiger partial charge in [0.1, 0.15) is 5.82 Å². The molecule has 1 aliphatic carbocycles. The molecule has 118 valence electrons. The Kier molecular flexibility index (Phi) is 5.67. The summed E-state index contributed by atoms with van der Waals surface area (Å²) >= 11 is 1.28. The van der Waals surface area contributed by atoms with Crippen LogP contribution in [0.2, 0.25) is 0 Å². The standard InChI is InChI=1S/C15H25N3O2S/c1-10(2)14-16-17-15(21-9-13(19)20)18(14)11(3)12-7-5-4-6-8-12/h10-12H,4-9H2,1-3H3,(H,19,20). The summed E-state index contributed by atoms with van der Waals surface area (Å²) in [6, 6.07) is 0.342. The molecule has 0 spiro atoms. The maximum atomic E-state index is 10.8. The van der Waals surface area contributed by atoms with Crippen LogP contribution in [0.25, 0.3) is 0 Å². The van der Waals surface area contributed by atoms with Gasteiger partial charge < -0.3 is 9.67 Å². The Balaban J connectivity index is 2.24. The van der Waals surface area contributed by atoms with Crippen LogP contribution in [-0.2, 0) is 4.79 Å². The predicted molar refractivity (Wildman–Crippen MR) is 83.8 cm³/mol. The van der Waals surface area contributed by atoms with Crippen molar-refractivity contribution >= 4 is 17.7 Å². The molecule has 1 saturated carbocycles. The van der Waals surface area contributed by atoms with Gasteiger partial charge in [-0.15, -0.1) is 10.2 Å². The lowest BCUT2D eigenvalue weighted by atomic mass is 9.84. The fourth-order valence-electron chi connectivity index (χ4n) is 3.12. The van der Waals surface area contributed by atoms with Crippen molar-refractivity contribution in [3.8, 4) is 0 Å². The van der Waals surface area contributed by atoms with Crippen LogP contribution in [0.5, 0.6) is 0 Å². The second kappa shape index (κ2) is 7.29. The summed E-state index contributed by atoms with van der Waals surface area (Å²) < 4.78 is 2.19. The van der Waals surface area contributed by atoms with E-state index < -0.39 is 5.97 Å². The van der Waals surface area contributed by atoms with Crippen molar-refractivity contribution in [3.63, 3.8) is 0 Å². The molecule has 6 heteroatoms. The van der Waals surface area contributed by atoms with Crippen LogP contribution in [0.1, 0.15) is 70.7 Å². The molecular formula is C15H25N3O2S. The molecule has 1 fully saturated rings. The molecular weight excluding hydrogens is 286 g/mol. The van der Waals surface area contributed by atoms with Gasteiger partial charge in [-0.1, -0.05) is 44.9 Å². The number of rotatable bonds is 6. The largest absolute Gasteiger partial charge is 0.481 e. The molecule has 1 heterocycles. The zero-order valence-electron chi connectivity index (χ0n) is 13.1. The molecule has 1 aromatic rings. The van der Waals surface area contributed by atoms with E-state index in [9.17, 15) is 4.79 Å².